The van der Waals surface area contributed by atoms with Gasteiger partial charge in [0.25, 0.3) is 0 Å². The fourth-order valence-corrected chi connectivity index (χ4v) is 0.794. The van der Waals surface area contributed by atoms with Crippen LogP contribution in [0.2, 0.25) is 0 Å². The van der Waals surface area contributed by atoms with E-state index in [4.69, 9.17) is 0 Å². The average molecular weight is 180 g/mol. The second-order valence-electron chi connectivity index (χ2n) is 2.73. The molecule has 0 fully saturated rings. The quantitative estimate of drug-likeness (QED) is 0.542. The Balaban J connectivity index is 0. The van der Waals surface area contributed by atoms with Gasteiger partial charge in [0.15, 0.2) is 0 Å². The van der Waals surface area contributed by atoms with Crippen LogP contribution in [0.1, 0.15) is 48.0 Å². The topological polar surface area (TPSA) is 0 Å². The van der Waals surface area contributed by atoms with Gasteiger partial charge >= 0.3 is 0 Å². The highest BCUT2D eigenvalue weighted by molar-refractivity contribution is 5.26. The lowest BCUT2D eigenvalue weighted by Gasteiger charge is -1.92. The molecule has 0 aliphatic carbocycles. The van der Waals surface area contributed by atoms with Crippen molar-refractivity contribution in [1.29, 1.82) is 0 Å². The Morgan fingerprint density at radius 2 is 1.62 bits per heavy atom. The first-order chi connectivity index (χ1) is 6.20. The highest BCUT2D eigenvalue weighted by Crippen LogP contribution is 2.02. The van der Waals surface area contributed by atoms with Crippen molar-refractivity contribution in [2.75, 3.05) is 0 Å². The second kappa shape index (κ2) is 11.2. The molecule has 0 radical (unpaired) electrons. The van der Waals surface area contributed by atoms with E-state index in [-0.39, 0.29) is 0 Å². The molecule has 0 aromatic heterocycles. The molecule has 0 saturated heterocycles. The lowest BCUT2D eigenvalue weighted by Crippen LogP contribution is -1.71. The predicted octanol–water partition coefficient (Wildman–Crippen LogP) is 4.89. The van der Waals surface area contributed by atoms with Gasteiger partial charge in [-0.1, -0.05) is 56.2 Å². The molecule has 0 aliphatic rings. The molecule has 0 N–H and O–H groups in total. The van der Waals surface area contributed by atoms with Crippen molar-refractivity contribution in [2.45, 2.75) is 48.0 Å². The summed E-state index contributed by atoms with van der Waals surface area (Å²) in [6.07, 6.45) is 9.75. The van der Waals surface area contributed by atoms with Crippen LogP contribution in [0.3, 0.4) is 0 Å². The molecule has 13 heavy (non-hydrogen) atoms. The van der Waals surface area contributed by atoms with Crippen molar-refractivity contribution in [1.82, 2.24) is 0 Å². The standard InChI is InChI=1S/C11H18.C2H6/c1-5-7-8-11(4)9-10(3)6-2;1-2/h6-9H,5H2,1-4H3;1-2H3/b8-7+,10-6-,11-9-;. The van der Waals surface area contributed by atoms with Crippen molar-refractivity contribution in [2.24, 2.45) is 0 Å². The maximum atomic E-state index is 2.19. The summed E-state index contributed by atoms with van der Waals surface area (Å²) in [7, 11) is 0. The largest absolute Gasteiger partial charge is 0.0847 e. The van der Waals surface area contributed by atoms with Crippen LogP contribution in [0, 0.1) is 0 Å². The molecule has 76 valence electrons. The zero-order valence-corrected chi connectivity index (χ0v) is 10.0. The molecule has 0 nitrogen and oxygen atoms in total. The molecule has 0 spiro atoms. The zero-order valence-electron chi connectivity index (χ0n) is 10.0. The molecular weight excluding hydrogens is 156 g/mol. The Morgan fingerprint density at radius 1 is 1.08 bits per heavy atom. The Bertz CT molecular complexity index is 180. The van der Waals surface area contributed by atoms with Crippen molar-refractivity contribution in [3.8, 4) is 0 Å². The van der Waals surface area contributed by atoms with Gasteiger partial charge < -0.3 is 0 Å². The van der Waals surface area contributed by atoms with E-state index in [1.54, 1.807) is 0 Å². The molecule has 0 aliphatic heterocycles. The SMILES string of the molecule is CC.C\C=C(C)/C=C(C)\C=C\CC. The molecule has 0 heterocycles. The minimum atomic E-state index is 1.11. The van der Waals surface area contributed by atoms with Crippen LogP contribution >= 0.6 is 0 Å². The highest BCUT2D eigenvalue weighted by Gasteiger charge is 1.81. The van der Waals surface area contributed by atoms with E-state index in [1.807, 2.05) is 13.8 Å². The molecule has 0 atom stereocenters. The minimum Gasteiger partial charge on any atom is -0.0847 e. The first-order valence-corrected chi connectivity index (χ1v) is 5.18. The van der Waals surface area contributed by atoms with Gasteiger partial charge in [-0.25, -0.2) is 0 Å². The molecule has 0 unspecified atom stereocenters. The van der Waals surface area contributed by atoms with Gasteiger partial charge in [0.2, 0.25) is 0 Å². The van der Waals surface area contributed by atoms with Gasteiger partial charge in [0, 0.05) is 0 Å². The molecule has 0 rings (SSSR count). The second-order valence-corrected chi connectivity index (χ2v) is 2.73. The van der Waals surface area contributed by atoms with E-state index in [9.17, 15) is 0 Å². The normalized spacial score (nSPS) is 12.8. The molecule has 0 saturated carbocycles. The lowest BCUT2D eigenvalue weighted by atomic mass is 10.1. The summed E-state index contributed by atoms with van der Waals surface area (Å²) in [5.74, 6) is 0. The number of rotatable bonds is 3. The number of hydrogen-bond acceptors (Lipinski definition) is 0. The maximum absolute atomic E-state index is 2.19. The third-order valence-corrected chi connectivity index (χ3v) is 1.53. The number of hydrogen-bond donors (Lipinski definition) is 0. The summed E-state index contributed by atoms with van der Waals surface area (Å²) in [5.41, 5.74) is 2.64. The molecule has 0 heteroatoms. The monoisotopic (exact) mass is 180 g/mol. The van der Waals surface area contributed by atoms with E-state index in [1.165, 1.54) is 11.1 Å². The van der Waals surface area contributed by atoms with E-state index in [0.29, 0.717) is 0 Å². The third-order valence-electron chi connectivity index (χ3n) is 1.53. The van der Waals surface area contributed by atoms with Gasteiger partial charge in [-0.3, -0.25) is 0 Å². The van der Waals surface area contributed by atoms with Crippen molar-refractivity contribution in [3.63, 3.8) is 0 Å². The zero-order chi connectivity index (χ0) is 10.7. The van der Waals surface area contributed by atoms with E-state index >= 15 is 0 Å². The molecule has 0 aromatic rings. The Morgan fingerprint density at radius 3 is 2.00 bits per heavy atom. The van der Waals surface area contributed by atoms with Gasteiger partial charge in [0.05, 0.1) is 0 Å². The molecule has 0 amide bonds. The first kappa shape index (κ1) is 14.7. The summed E-state index contributed by atoms with van der Waals surface area (Å²) in [6, 6.07) is 0. The Hall–Kier alpha value is -0.780. The van der Waals surface area contributed by atoms with E-state index in [2.05, 4.69) is 52.0 Å². The average Bonchev–Trinajstić information content (AvgIpc) is 2.17. The van der Waals surface area contributed by atoms with Gasteiger partial charge in [0.1, 0.15) is 0 Å². The molecule has 0 aromatic carbocycles. The van der Waals surface area contributed by atoms with Crippen LogP contribution in [-0.4, -0.2) is 0 Å². The summed E-state index contributed by atoms with van der Waals surface area (Å²) in [4.78, 5) is 0. The highest BCUT2D eigenvalue weighted by atomic mass is 13.9. The van der Waals surface area contributed by atoms with Crippen molar-refractivity contribution in [3.05, 3.63) is 35.5 Å². The lowest BCUT2D eigenvalue weighted by molar-refractivity contribution is 1.22. The predicted molar refractivity (Wildman–Crippen MR) is 64.0 cm³/mol. The van der Waals surface area contributed by atoms with Crippen LogP contribution in [0.15, 0.2) is 35.5 Å². The molecule has 0 bridgehead atoms. The summed E-state index contributed by atoms with van der Waals surface area (Å²) < 4.78 is 0. The van der Waals surface area contributed by atoms with Crippen LogP contribution in [0.5, 0.6) is 0 Å². The number of allylic oxidation sites excluding steroid dienone is 6. The summed E-state index contributed by atoms with van der Waals surface area (Å²) >= 11 is 0. The minimum absolute atomic E-state index is 1.11. The van der Waals surface area contributed by atoms with Crippen LogP contribution in [-0.2, 0) is 0 Å². The van der Waals surface area contributed by atoms with Crippen LogP contribution in [0.25, 0.3) is 0 Å². The van der Waals surface area contributed by atoms with E-state index < -0.39 is 0 Å². The summed E-state index contributed by atoms with van der Waals surface area (Å²) in [6.45, 7) is 12.4. The fourth-order valence-electron chi connectivity index (χ4n) is 0.794. The van der Waals surface area contributed by atoms with Gasteiger partial charge in [-0.05, 0) is 27.2 Å². The van der Waals surface area contributed by atoms with E-state index in [0.717, 1.165) is 6.42 Å². The molecular formula is C13H24. The van der Waals surface area contributed by atoms with Crippen LogP contribution < -0.4 is 0 Å². The summed E-state index contributed by atoms with van der Waals surface area (Å²) in [5, 5.41) is 0. The van der Waals surface area contributed by atoms with Gasteiger partial charge in [-0.15, -0.1) is 0 Å². The van der Waals surface area contributed by atoms with Crippen LogP contribution in [0.4, 0.5) is 0 Å². The van der Waals surface area contributed by atoms with Crippen molar-refractivity contribution < 1.29 is 0 Å². The Kier molecular flexibility index (Phi) is 12.7. The smallest absolute Gasteiger partial charge is 0.0376 e. The Labute approximate surface area is 84.1 Å². The van der Waals surface area contributed by atoms with Gasteiger partial charge in [-0.2, -0.15) is 0 Å². The fraction of sp³-hybridized carbons (Fsp3) is 0.538. The maximum Gasteiger partial charge on any atom is -0.0376 e. The third kappa shape index (κ3) is 11.2. The van der Waals surface area contributed by atoms with Crippen molar-refractivity contribution >= 4 is 0 Å². The first-order valence-electron chi connectivity index (χ1n) is 5.18.